The predicted octanol–water partition coefficient (Wildman–Crippen LogP) is 7.15. The lowest BCUT2D eigenvalue weighted by Gasteiger charge is -2.30. The third-order valence-electron chi connectivity index (χ3n) is 11.1. The molecule has 0 aliphatic carbocycles. The number of alkyl carbamates (subject to hydrolysis) is 2. The topological polar surface area (TPSA) is 175 Å². The molecule has 3 aromatic carbocycles. The molecule has 302 valence electrons. The molecule has 58 heavy (non-hydrogen) atoms. The second-order valence-electron chi connectivity index (χ2n) is 15.4. The summed E-state index contributed by atoms with van der Waals surface area (Å²) in [6.07, 6.45) is 7.82. The lowest BCUT2D eigenvalue weighted by molar-refractivity contribution is -0.136. The average molecular weight is 787 g/mol. The Morgan fingerprint density at radius 1 is 0.707 bits per heavy atom. The number of imidazole rings is 2. The zero-order valence-corrected chi connectivity index (χ0v) is 33.6. The summed E-state index contributed by atoms with van der Waals surface area (Å²) in [7, 11) is 2.57. The number of benzene rings is 3. The highest BCUT2D eigenvalue weighted by atomic mass is 16.5. The van der Waals surface area contributed by atoms with Gasteiger partial charge in [-0.1, -0.05) is 101 Å². The summed E-state index contributed by atoms with van der Waals surface area (Å²) >= 11 is 0. The van der Waals surface area contributed by atoms with Crippen molar-refractivity contribution in [1.29, 1.82) is 0 Å². The summed E-state index contributed by atoms with van der Waals surface area (Å²) in [6, 6.07) is 18.7. The van der Waals surface area contributed by atoms with Crippen LogP contribution in [0, 0.1) is 11.8 Å². The molecule has 2 aliphatic rings. The van der Waals surface area contributed by atoms with Crippen LogP contribution in [0.4, 0.5) is 9.59 Å². The molecule has 7 rings (SSSR count). The van der Waals surface area contributed by atoms with Crippen LogP contribution in [0.2, 0.25) is 0 Å². The molecule has 4 amide bonds. The van der Waals surface area contributed by atoms with Crippen LogP contribution in [-0.2, 0) is 19.1 Å². The monoisotopic (exact) mass is 786 g/mol. The minimum atomic E-state index is -0.742. The molecule has 4 heterocycles. The number of hydrogen-bond acceptors (Lipinski definition) is 8. The highest BCUT2D eigenvalue weighted by molar-refractivity contribution is 6.04. The summed E-state index contributed by atoms with van der Waals surface area (Å²) in [5, 5.41) is 7.51. The van der Waals surface area contributed by atoms with Gasteiger partial charge in [-0.05, 0) is 52.1 Å². The minimum absolute atomic E-state index is 0.114. The normalized spacial score (nSPS) is 17.5. The van der Waals surface area contributed by atoms with Gasteiger partial charge in [0.1, 0.15) is 29.8 Å². The molecular weight excluding hydrogens is 737 g/mol. The van der Waals surface area contributed by atoms with E-state index < -0.39 is 30.3 Å². The Balaban J connectivity index is 1.09. The number of H-pyrrole nitrogens is 2. The third-order valence-corrected chi connectivity index (χ3v) is 11.1. The molecule has 2 aliphatic heterocycles. The third kappa shape index (κ3) is 7.91. The number of ether oxygens (including phenoxy) is 2. The fraction of sp³-hybridized carbons (Fsp3) is 0.364. The Hall–Kier alpha value is -6.44. The molecular formula is C44H50N8O6. The van der Waals surface area contributed by atoms with Crippen molar-refractivity contribution in [3.05, 3.63) is 96.9 Å². The van der Waals surface area contributed by atoms with Crippen LogP contribution in [0.5, 0.6) is 0 Å². The van der Waals surface area contributed by atoms with Crippen molar-refractivity contribution in [2.24, 2.45) is 11.8 Å². The summed E-state index contributed by atoms with van der Waals surface area (Å²) in [6.45, 7) is 8.56. The zero-order chi connectivity index (χ0) is 41.1. The lowest BCUT2D eigenvalue weighted by atomic mass is 9.94. The zero-order valence-electron chi connectivity index (χ0n) is 33.6. The van der Waals surface area contributed by atoms with Gasteiger partial charge in [0.2, 0.25) is 11.8 Å². The van der Waals surface area contributed by atoms with Gasteiger partial charge in [-0.25, -0.2) is 19.6 Å². The summed E-state index contributed by atoms with van der Waals surface area (Å²) in [5.41, 5.74) is 5.74. The molecule has 5 aromatic rings. The second kappa shape index (κ2) is 17.0. The number of hydrogen-bond donors (Lipinski definition) is 4. The van der Waals surface area contributed by atoms with E-state index in [1.165, 1.54) is 14.2 Å². The van der Waals surface area contributed by atoms with E-state index in [1.54, 1.807) is 17.3 Å². The lowest BCUT2D eigenvalue weighted by Crippen LogP contribution is -2.51. The van der Waals surface area contributed by atoms with Gasteiger partial charge in [-0.3, -0.25) is 9.59 Å². The Kier molecular flexibility index (Phi) is 11.6. The number of nitrogens with zero attached hydrogens (tertiary/aromatic N) is 4. The van der Waals surface area contributed by atoms with E-state index in [4.69, 9.17) is 19.4 Å². The van der Waals surface area contributed by atoms with Gasteiger partial charge >= 0.3 is 12.2 Å². The number of carbonyl (C=O) groups excluding carboxylic acids is 4. The van der Waals surface area contributed by atoms with Gasteiger partial charge in [0.05, 0.1) is 44.0 Å². The molecule has 2 aromatic heterocycles. The van der Waals surface area contributed by atoms with Crippen molar-refractivity contribution >= 4 is 34.8 Å². The predicted molar refractivity (Wildman–Crippen MR) is 220 cm³/mol. The number of carbonyl (C=O) groups is 4. The van der Waals surface area contributed by atoms with E-state index in [0.29, 0.717) is 24.7 Å². The van der Waals surface area contributed by atoms with E-state index in [1.807, 2.05) is 56.9 Å². The van der Waals surface area contributed by atoms with Crippen molar-refractivity contribution in [3.8, 4) is 33.6 Å². The van der Waals surface area contributed by atoms with Gasteiger partial charge in [0.15, 0.2) is 0 Å². The maximum absolute atomic E-state index is 13.7. The molecule has 0 unspecified atom stereocenters. The highest BCUT2D eigenvalue weighted by Gasteiger charge is 2.38. The van der Waals surface area contributed by atoms with Crippen molar-refractivity contribution in [3.63, 3.8) is 0 Å². The number of nitrogens with one attached hydrogen (secondary N) is 4. The molecule has 0 radical (unpaired) electrons. The fourth-order valence-electron chi connectivity index (χ4n) is 7.96. The summed E-state index contributed by atoms with van der Waals surface area (Å²) in [5.74, 6) is 0.734. The number of fused-ring (bicyclic) bond motifs is 1. The SMILES string of the molecule is COC(=O)N[C@H](C(=O)N1CC=C[C@H]1c1ncc(-c2cccc3c(-c4ccc(-c5cnc([C@@H]6CCCN6C(=O)[C@@H](NC(=O)OC)C(C)C)[nH]5)cc4)cccc23)[nH]1)C(C)C. The minimum Gasteiger partial charge on any atom is -0.453 e. The van der Waals surface area contributed by atoms with Gasteiger partial charge in [0.25, 0.3) is 0 Å². The van der Waals surface area contributed by atoms with Crippen molar-refractivity contribution in [2.75, 3.05) is 27.3 Å². The first-order valence-electron chi connectivity index (χ1n) is 19.7. The number of likely N-dealkylation sites (tertiary alicyclic amines) is 1. The molecule has 0 bridgehead atoms. The van der Waals surface area contributed by atoms with Crippen LogP contribution < -0.4 is 10.6 Å². The second-order valence-corrected chi connectivity index (χ2v) is 15.4. The Morgan fingerprint density at radius 2 is 1.26 bits per heavy atom. The van der Waals surface area contributed by atoms with E-state index in [0.717, 1.165) is 57.3 Å². The van der Waals surface area contributed by atoms with Gasteiger partial charge < -0.3 is 39.9 Å². The number of aromatic nitrogens is 4. The first-order chi connectivity index (χ1) is 28.0. The first kappa shape index (κ1) is 39.8. The van der Waals surface area contributed by atoms with Gasteiger partial charge in [-0.15, -0.1) is 0 Å². The van der Waals surface area contributed by atoms with Crippen molar-refractivity contribution in [2.45, 2.75) is 64.7 Å². The Morgan fingerprint density at radius 3 is 1.90 bits per heavy atom. The largest absolute Gasteiger partial charge is 0.453 e. The van der Waals surface area contributed by atoms with Crippen molar-refractivity contribution in [1.82, 2.24) is 40.4 Å². The van der Waals surface area contributed by atoms with Crippen LogP contribution in [0.15, 0.2) is 85.2 Å². The number of aromatic amines is 2. The Bertz CT molecular complexity index is 2330. The van der Waals surface area contributed by atoms with Crippen LogP contribution in [0.25, 0.3) is 44.4 Å². The molecule has 1 fully saturated rings. The quantitative estimate of drug-likeness (QED) is 0.102. The average Bonchev–Trinajstić information content (AvgIpc) is 4.07. The molecule has 1 saturated heterocycles. The van der Waals surface area contributed by atoms with Crippen LogP contribution in [0.1, 0.15) is 64.3 Å². The summed E-state index contributed by atoms with van der Waals surface area (Å²) in [4.78, 5) is 71.2. The van der Waals surface area contributed by atoms with Crippen molar-refractivity contribution < 1.29 is 28.7 Å². The molecule has 0 spiro atoms. The van der Waals surface area contributed by atoms with E-state index in [9.17, 15) is 19.2 Å². The van der Waals surface area contributed by atoms with Gasteiger partial charge in [0, 0.05) is 18.7 Å². The Labute approximate surface area is 337 Å². The van der Waals surface area contributed by atoms with Crippen LogP contribution in [-0.4, -0.2) is 93.1 Å². The van der Waals surface area contributed by atoms with Gasteiger partial charge in [-0.2, -0.15) is 0 Å². The molecule has 4 atom stereocenters. The number of methoxy groups -OCH3 is 2. The molecule has 0 saturated carbocycles. The number of rotatable bonds is 11. The highest BCUT2D eigenvalue weighted by Crippen LogP contribution is 2.37. The fourth-order valence-corrected chi connectivity index (χ4v) is 7.96. The molecule has 14 heteroatoms. The van der Waals surface area contributed by atoms with E-state index in [2.05, 4.69) is 69.1 Å². The maximum atomic E-state index is 13.7. The number of amides is 4. The first-order valence-corrected chi connectivity index (χ1v) is 19.7. The summed E-state index contributed by atoms with van der Waals surface area (Å²) < 4.78 is 9.54. The van der Waals surface area contributed by atoms with Crippen LogP contribution >= 0.6 is 0 Å². The smallest absolute Gasteiger partial charge is 0.407 e. The molecule has 14 nitrogen and oxygen atoms in total. The standard InChI is InChI=1S/C44H50N8O6/c1-25(2)37(49-43(55)57-5)41(53)51-21-9-15-35(51)39-45-23-33(47-39)28-19-17-27(18-20-28)29-11-7-13-31-30(29)12-8-14-32(31)34-24-46-40(48-34)36-16-10-22-52(36)42(54)38(26(3)4)50-44(56)58-6/h7-8,10-14,16-20,23-26,35-38H,9,15,21-22H2,1-6H3,(H,45,47)(H,46,48)(H,49,55)(H,50,56)/t35-,36-,37-,38-/m0/s1. The molecule has 4 N–H and O–H groups in total. The van der Waals surface area contributed by atoms with E-state index >= 15 is 0 Å². The van der Waals surface area contributed by atoms with E-state index in [-0.39, 0.29) is 29.7 Å². The van der Waals surface area contributed by atoms with Crippen LogP contribution in [0.3, 0.4) is 0 Å². The maximum Gasteiger partial charge on any atom is 0.407 e.